The SMILES string of the molecule is CC(C)c1nc(C(=O)NC2CC=CC2)n[nH]1. The highest BCUT2D eigenvalue weighted by Gasteiger charge is 2.18. The molecule has 1 aromatic heterocycles. The first kappa shape index (κ1) is 10.9. The van der Waals surface area contributed by atoms with Crippen molar-refractivity contribution in [1.82, 2.24) is 20.5 Å². The van der Waals surface area contributed by atoms with Crippen molar-refractivity contribution < 1.29 is 4.79 Å². The summed E-state index contributed by atoms with van der Waals surface area (Å²) in [5.74, 6) is 1.03. The van der Waals surface area contributed by atoms with E-state index in [4.69, 9.17) is 0 Å². The van der Waals surface area contributed by atoms with E-state index in [0.29, 0.717) is 0 Å². The lowest BCUT2D eigenvalue weighted by molar-refractivity contribution is 0.0929. The number of nitrogens with zero attached hydrogens (tertiary/aromatic N) is 2. The number of carbonyl (C=O) groups excluding carboxylic acids is 1. The number of H-pyrrole nitrogens is 1. The first-order valence-corrected chi connectivity index (χ1v) is 5.55. The molecule has 0 aliphatic heterocycles. The Morgan fingerprint density at radius 2 is 2.19 bits per heavy atom. The fourth-order valence-corrected chi connectivity index (χ4v) is 1.62. The largest absolute Gasteiger partial charge is 0.346 e. The molecular formula is C11H16N4O. The minimum absolute atomic E-state index is 0.197. The Hall–Kier alpha value is -1.65. The molecule has 1 aliphatic carbocycles. The summed E-state index contributed by atoms with van der Waals surface area (Å²) in [6.07, 6.45) is 5.94. The predicted molar refractivity (Wildman–Crippen MR) is 60.1 cm³/mol. The molecule has 0 unspecified atom stereocenters. The second-order valence-electron chi connectivity index (χ2n) is 4.31. The zero-order valence-electron chi connectivity index (χ0n) is 9.53. The molecule has 1 aromatic rings. The second-order valence-corrected chi connectivity index (χ2v) is 4.31. The number of rotatable bonds is 3. The maximum absolute atomic E-state index is 11.8. The van der Waals surface area contributed by atoms with Crippen LogP contribution in [0.3, 0.4) is 0 Å². The van der Waals surface area contributed by atoms with Gasteiger partial charge in [-0.15, -0.1) is 5.10 Å². The van der Waals surface area contributed by atoms with E-state index in [1.165, 1.54) is 0 Å². The van der Waals surface area contributed by atoms with Gasteiger partial charge >= 0.3 is 0 Å². The average Bonchev–Trinajstić information content (AvgIpc) is 2.86. The van der Waals surface area contributed by atoms with Crippen LogP contribution in [0.5, 0.6) is 0 Å². The summed E-state index contributed by atoms with van der Waals surface area (Å²) in [4.78, 5) is 15.9. The lowest BCUT2D eigenvalue weighted by atomic mass is 10.2. The summed E-state index contributed by atoms with van der Waals surface area (Å²) < 4.78 is 0. The van der Waals surface area contributed by atoms with Gasteiger partial charge in [0, 0.05) is 12.0 Å². The topological polar surface area (TPSA) is 70.7 Å². The van der Waals surface area contributed by atoms with Crippen LogP contribution in [0.4, 0.5) is 0 Å². The van der Waals surface area contributed by atoms with Gasteiger partial charge in [-0.25, -0.2) is 4.98 Å². The van der Waals surface area contributed by atoms with Crippen molar-refractivity contribution in [2.45, 2.75) is 38.6 Å². The lowest BCUT2D eigenvalue weighted by Gasteiger charge is -2.09. The molecule has 86 valence electrons. The average molecular weight is 220 g/mol. The van der Waals surface area contributed by atoms with Gasteiger partial charge in [0.1, 0.15) is 5.82 Å². The van der Waals surface area contributed by atoms with Gasteiger partial charge in [-0.05, 0) is 12.8 Å². The number of nitrogens with one attached hydrogen (secondary N) is 2. The van der Waals surface area contributed by atoms with Crippen molar-refractivity contribution in [3.05, 3.63) is 23.8 Å². The molecule has 0 fully saturated rings. The zero-order valence-corrected chi connectivity index (χ0v) is 9.53. The number of carbonyl (C=O) groups is 1. The Kier molecular flexibility index (Phi) is 3.03. The lowest BCUT2D eigenvalue weighted by Crippen LogP contribution is -2.33. The first-order valence-electron chi connectivity index (χ1n) is 5.55. The van der Waals surface area contributed by atoms with Gasteiger partial charge in [-0.2, -0.15) is 0 Å². The number of aromatic amines is 1. The van der Waals surface area contributed by atoms with Crippen molar-refractivity contribution in [3.63, 3.8) is 0 Å². The molecular weight excluding hydrogens is 204 g/mol. The molecule has 0 spiro atoms. The van der Waals surface area contributed by atoms with E-state index >= 15 is 0 Å². The van der Waals surface area contributed by atoms with Crippen molar-refractivity contribution in [1.29, 1.82) is 0 Å². The van der Waals surface area contributed by atoms with Crippen molar-refractivity contribution >= 4 is 5.91 Å². The molecule has 2 N–H and O–H groups in total. The fraction of sp³-hybridized carbons (Fsp3) is 0.545. The standard InChI is InChI=1S/C11H16N4O/c1-7(2)9-13-10(15-14-9)11(16)12-8-5-3-4-6-8/h3-4,7-8H,5-6H2,1-2H3,(H,12,16)(H,13,14,15). The van der Waals surface area contributed by atoms with Gasteiger partial charge < -0.3 is 5.32 Å². The third-order valence-corrected chi connectivity index (χ3v) is 2.60. The Morgan fingerprint density at radius 1 is 1.50 bits per heavy atom. The van der Waals surface area contributed by atoms with Gasteiger partial charge in [0.05, 0.1) is 0 Å². The monoisotopic (exact) mass is 220 g/mol. The molecule has 5 heteroatoms. The number of amides is 1. The van der Waals surface area contributed by atoms with Gasteiger partial charge in [0.2, 0.25) is 5.82 Å². The van der Waals surface area contributed by atoms with E-state index in [2.05, 4.69) is 32.7 Å². The molecule has 1 amide bonds. The quantitative estimate of drug-likeness (QED) is 0.756. The maximum Gasteiger partial charge on any atom is 0.291 e. The van der Waals surface area contributed by atoms with Crippen LogP contribution >= 0.6 is 0 Å². The van der Waals surface area contributed by atoms with Crippen molar-refractivity contribution in [2.24, 2.45) is 0 Å². The van der Waals surface area contributed by atoms with E-state index in [-0.39, 0.29) is 23.7 Å². The zero-order chi connectivity index (χ0) is 11.5. The molecule has 5 nitrogen and oxygen atoms in total. The minimum Gasteiger partial charge on any atom is -0.346 e. The van der Waals surface area contributed by atoms with Crippen LogP contribution in [-0.2, 0) is 0 Å². The summed E-state index contributed by atoms with van der Waals surface area (Å²) in [6.45, 7) is 4.01. The first-order chi connectivity index (χ1) is 7.66. The Labute approximate surface area is 94.3 Å². The summed E-state index contributed by atoms with van der Waals surface area (Å²) in [5.41, 5.74) is 0. The van der Waals surface area contributed by atoms with E-state index in [1.54, 1.807) is 0 Å². The second kappa shape index (κ2) is 4.47. The van der Waals surface area contributed by atoms with Crippen LogP contribution in [0.15, 0.2) is 12.2 Å². The van der Waals surface area contributed by atoms with Gasteiger partial charge in [0.15, 0.2) is 0 Å². The van der Waals surface area contributed by atoms with Crippen molar-refractivity contribution in [2.75, 3.05) is 0 Å². The fourth-order valence-electron chi connectivity index (χ4n) is 1.62. The van der Waals surface area contributed by atoms with Crippen LogP contribution in [0.25, 0.3) is 0 Å². The summed E-state index contributed by atoms with van der Waals surface area (Å²) in [7, 11) is 0. The molecule has 16 heavy (non-hydrogen) atoms. The highest BCUT2D eigenvalue weighted by atomic mass is 16.2. The summed E-state index contributed by atoms with van der Waals surface area (Å²) in [5, 5.41) is 9.59. The summed E-state index contributed by atoms with van der Waals surface area (Å²) in [6, 6.07) is 0.202. The maximum atomic E-state index is 11.8. The minimum atomic E-state index is -0.197. The van der Waals surface area contributed by atoms with Gasteiger partial charge in [0.25, 0.3) is 5.91 Å². The molecule has 0 radical (unpaired) electrons. The molecule has 0 bridgehead atoms. The smallest absolute Gasteiger partial charge is 0.291 e. The van der Waals surface area contributed by atoms with Crippen LogP contribution in [0.2, 0.25) is 0 Å². The Bertz CT molecular complexity index is 400. The van der Waals surface area contributed by atoms with Gasteiger partial charge in [-0.3, -0.25) is 9.89 Å². The Balaban J connectivity index is 1.97. The van der Waals surface area contributed by atoms with Crippen LogP contribution in [-0.4, -0.2) is 27.1 Å². The summed E-state index contributed by atoms with van der Waals surface area (Å²) >= 11 is 0. The normalized spacial score (nSPS) is 15.9. The van der Waals surface area contributed by atoms with Crippen molar-refractivity contribution in [3.8, 4) is 0 Å². The molecule has 1 heterocycles. The Morgan fingerprint density at radius 3 is 2.75 bits per heavy atom. The van der Waals surface area contributed by atoms with E-state index < -0.39 is 0 Å². The highest BCUT2D eigenvalue weighted by molar-refractivity contribution is 5.90. The molecule has 2 rings (SSSR count). The molecule has 1 aliphatic rings. The molecule has 0 aromatic carbocycles. The highest BCUT2D eigenvalue weighted by Crippen LogP contribution is 2.11. The van der Waals surface area contributed by atoms with E-state index in [0.717, 1.165) is 18.7 Å². The van der Waals surface area contributed by atoms with Crippen LogP contribution < -0.4 is 5.32 Å². The third kappa shape index (κ3) is 2.29. The van der Waals surface area contributed by atoms with E-state index in [9.17, 15) is 4.79 Å². The number of aromatic nitrogens is 3. The predicted octanol–water partition coefficient (Wildman–Crippen LogP) is 1.38. The van der Waals surface area contributed by atoms with Crippen LogP contribution in [0, 0.1) is 0 Å². The van der Waals surface area contributed by atoms with Crippen LogP contribution in [0.1, 0.15) is 49.1 Å². The molecule has 0 saturated carbocycles. The number of hydrogen-bond acceptors (Lipinski definition) is 3. The molecule has 0 saturated heterocycles. The molecule has 0 atom stereocenters. The number of hydrogen-bond donors (Lipinski definition) is 2. The van der Waals surface area contributed by atoms with Gasteiger partial charge in [-0.1, -0.05) is 26.0 Å². The third-order valence-electron chi connectivity index (χ3n) is 2.60. The van der Waals surface area contributed by atoms with E-state index in [1.807, 2.05) is 13.8 Å².